The minimum atomic E-state index is -3.42. The average Bonchev–Trinajstić information content (AvgIpc) is 2.31. The van der Waals surface area contributed by atoms with E-state index < -0.39 is 15.7 Å². The molecule has 0 aliphatic heterocycles. The van der Waals surface area contributed by atoms with Gasteiger partial charge in [-0.05, 0) is 24.6 Å². The zero-order chi connectivity index (χ0) is 14.5. The van der Waals surface area contributed by atoms with Crippen molar-refractivity contribution in [3.63, 3.8) is 0 Å². The molecule has 0 aliphatic carbocycles. The van der Waals surface area contributed by atoms with Gasteiger partial charge in [-0.15, -0.1) is 0 Å². The summed E-state index contributed by atoms with van der Waals surface area (Å²) in [6.07, 6.45) is 3.99. The molecule has 1 aromatic rings. The van der Waals surface area contributed by atoms with Gasteiger partial charge in [0.15, 0.2) is 9.84 Å². The summed E-state index contributed by atoms with van der Waals surface area (Å²) in [4.78, 5) is 11.6. The molecule has 106 valence electrons. The summed E-state index contributed by atoms with van der Waals surface area (Å²) in [5.41, 5.74) is -0.0931. The summed E-state index contributed by atoms with van der Waals surface area (Å²) in [7, 11) is -3.42. The highest BCUT2D eigenvalue weighted by molar-refractivity contribution is 7.90. The standard InChI is InChI=1S/C13H18FNO3S/c1-3-4-5-6-13(16)15-12-9-10(19(2,17)18)7-8-11(12)14/h7-9H,3-6H2,1-2H3,(H,15,16). The van der Waals surface area contributed by atoms with E-state index in [1.54, 1.807) is 0 Å². The molecule has 0 heterocycles. The lowest BCUT2D eigenvalue weighted by molar-refractivity contribution is -0.116. The van der Waals surface area contributed by atoms with Gasteiger partial charge < -0.3 is 5.32 Å². The molecule has 1 N–H and O–H groups in total. The van der Waals surface area contributed by atoms with E-state index in [2.05, 4.69) is 5.32 Å². The highest BCUT2D eigenvalue weighted by Gasteiger charge is 2.12. The maximum absolute atomic E-state index is 13.5. The molecule has 0 saturated heterocycles. The zero-order valence-corrected chi connectivity index (χ0v) is 11.9. The van der Waals surface area contributed by atoms with Crippen molar-refractivity contribution < 1.29 is 17.6 Å². The Balaban J connectivity index is 2.80. The summed E-state index contributed by atoms with van der Waals surface area (Å²) in [5.74, 6) is -0.950. The molecule has 0 aromatic heterocycles. The van der Waals surface area contributed by atoms with E-state index in [4.69, 9.17) is 0 Å². The van der Waals surface area contributed by atoms with Crippen LogP contribution in [0, 0.1) is 5.82 Å². The lowest BCUT2D eigenvalue weighted by atomic mass is 10.2. The van der Waals surface area contributed by atoms with Gasteiger partial charge in [0, 0.05) is 12.7 Å². The van der Waals surface area contributed by atoms with Crippen molar-refractivity contribution in [1.82, 2.24) is 0 Å². The number of unbranched alkanes of at least 4 members (excludes halogenated alkanes) is 2. The van der Waals surface area contributed by atoms with Gasteiger partial charge in [0.2, 0.25) is 5.91 Å². The van der Waals surface area contributed by atoms with Gasteiger partial charge in [-0.1, -0.05) is 19.8 Å². The van der Waals surface area contributed by atoms with Crippen LogP contribution in [0.2, 0.25) is 0 Å². The Hall–Kier alpha value is -1.43. The summed E-state index contributed by atoms with van der Waals surface area (Å²) >= 11 is 0. The normalized spacial score (nSPS) is 11.3. The Morgan fingerprint density at radius 2 is 2.00 bits per heavy atom. The SMILES string of the molecule is CCCCCC(=O)Nc1cc(S(C)(=O)=O)ccc1F. The largest absolute Gasteiger partial charge is 0.324 e. The van der Waals surface area contributed by atoms with Gasteiger partial charge >= 0.3 is 0 Å². The number of hydrogen-bond donors (Lipinski definition) is 1. The number of rotatable bonds is 6. The van der Waals surface area contributed by atoms with Gasteiger partial charge in [0.05, 0.1) is 10.6 Å². The molecule has 0 radical (unpaired) electrons. The van der Waals surface area contributed by atoms with Crippen LogP contribution in [0.5, 0.6) is 0 Å². The first-order valence-electron chi connectivity index (χ1n) is 6.14. The van der Waals surface area contributed by atoms with Crippen molar-refractivity contribution >= 4 is 21.4 Å². The number of halogens is 1. The minimum Gasteiger partial charge on any atom is -0.324 e. The quantitative estimate of drug-likeness (QED) is 0.646. The molecule has 0 atom stereocenters. The van der Waals surface area contributed by atoms with Crippen LogP contribution in [-0.2, 0) is 14.6 Å². The molecular formula is C13H18FNO3S. The van der Waals surface area contributed by atoms with Gasteiger partial charge in [-0.25, -0.2) is 12.8 Å². The van der Waals surface area contributed by atoms with Crippen LogP contribution in [0.3, 0.4) is 0 Å². The molecule has 0 aliphatic rings. The van der Waals surface area contributed by atoms with E-state index in [-0.39, 0.29) is 16.5 Å². The number of amides is 1. The number of nitrogens with one attached hydrogen (secondary N) is 1. The van der Waals surface area contributed by atoms with Crippen LogP contribution < -0.4 is 5.32 Å². The minimum absolute atomic E-state index is 0.0160. The predicted molar refractivity (Wildman–Crippen MR) is 72.3 cm³/mol. The predicted octanol–water partition coefficient (Wildman–Crippen LogP) is 2.75. The number of sulfone groups is 1. The van der Waals surface area contributed by atoms with Crippen molar-refractivity contribution in [3.8, 4) is 0 Å². The first-order chi connectivity index (χ1) is 8.84. The Morgan fingerprint density at radius 3 is 2.58 bits per heavy atom. The second-order valence-electron chi connectivity index (χ2n) is 4.42. The third-order valence-electron chi connectivity index (χ3n) is 2.65. The van der Waals surface area contributed by atoms with Gasteiger partial charge in [-0.2, -0.15) is 0 Å². The monoisotopic (exact) mass is 287 g/mol. The van der Waals surface area contributed by atoms with Crippen LogP contribution in [-0.4, -0.2) is 20.6 Å². The summed E-state index contributed by atoms with van der Waals surface area (Å²) in [6, 6.07) is 3.36. The van der Waals surface area contributed by atoms with Crippen LogP contribution in [0.1, 0.15) is 32.6 Å². The van der Waals surface area contributed by atoms with E-state index in [9.17, 15) is 17.6 Å². The number of carbonyl (C=O) groups is 1. The average molecular weight is 287 g/mol. The molecule has 1 aromatic carbocycles. The molecule has 0 spiro atoms. The molecule has 0 bridgehead atoms. The third kappa shape index (κ3) is 4.98. The van der Waals surface area contributed by atoms with Gasteiger partial charge in [-0.3, -0.25) is 4.79 Å². The van der Waals surface area contributed by atoms with E-state index in [1.807, 2.05) is 6.92 Å². The number of benzene rings is 1. The van der Waals surface area contributed by atoms with E-state index in [0.717, 1.165) is 37.7 Å². The fraction of sp³-hybridized carbons (Fsp3) is 0.462. The van der Waals surface area contributed by atoms with Crippen molar-refractivity contribution in [2.24, 2.45) is 0 Å². The number of carbonyl (C=O) groups excluding carboxylic acids is 1. The fourth-order valence-corrected chi connectivity index (χ4v) is 2.23. The van der Waals surface area contributed by atoms with Crippen molar-refractivity contribution in [2.45, 2.75) is 37.5 Å². The molecule has 1 amide bonds. The van der Waals surface area contributed by atoms with Gasteiger partial charge in [0.1, 0.15) is 5.82 Å². The van der Waals surface area contributed by atoms with Crippen molar-refractivity contribution in [1.29, 1.82) is 0 Å². The van der Waals surface area contributed by atoms with Crippen LogP contribution in [0.25, 0.3) is 0 Å². The van der Waals surface area contributed by atoms with E-state index >= 15 is 0 Å². The first-order valence-corrected chi connectivity index (χ1v) is 8.03. The van der Waals surface area contributed by atoms with Crippen molar-refractivity contribution in [2.75, 3.05) is 11.6 Å². The molecular weight excluding hydrogens is 269 g/mol. The summed E-state index contributed by atoms with van der Waals surface area (Å²) < 4.78 is 36.2. The second-order valence-corrected chi connectivity index (χ2v) is 6.43. The lowest BCUT2D eigenvalue weighted by Gasteiger charge is -2.08. The number of hydrogen-bond acceptors (Lipinski definition) is 3. The Bertz CT molecular complexity index is 555. The Morgan fingerprint density at radius 1 is 1.32 bits per heavy atom. The Kier molecular flexibility index (Phi) is 5.47. The topological polar surface area (TPSA) is 63.2 Å². The van der Waals surface area contributed by atoms with Crippen LogP contribution >= 0.6 is 0 Å². The van der Waals surface area contributed by atoms with Crippen LogP contribution in [0.4, 0.5) is 10.1 Å². The maximum atomic E-state index is 13.5. The first kappa shape index (κ1) is 15.6. The molecule has 0 fully saturated rings. The summed E-state index contributed by atoms with van der Waals surface area (Å²) in [5, 5.41) is 2.40. The molecule has 19 heavy (non-hydrogen) atoms. The fourth-order valence-electron chi connectivity index (χ4n) is 1.58. The van der Waals surface area contributed by atoms with Crippen LogP contribution in [0.15, 0.2) is 23.1 Å². The summed E-state index contributed by atoms with van der Waals surface area (Å²) in [6.45, 7) is 2.02. The maximum Gasteiger partial charge on any atom is 0.224 e. The molecule has 1 rings (SSSR count). The lowest BCUT2D eigenvalue weighted by Crippen LogP contribution is -2.13. The molecule has 6 heteroatoms. The molecule has 0 unspecified atom stereocenters. The highest BCUT2D eigenvalue weighted by Crippen LogP contribution is 2.20. The molecule has 0 saturated carbocycles. The molecule has 4 nitrogen and oxygen atoms in total. The second kappa shape index (κ2) is 6.65. The van der Waals surface area contributed by atoms with Gasteiger partial charge in [0.25, 0.3) is 0 Å². The van der Waals surface area contributed by atoms with Crippen molar-refractivity contribution in [3.05, 3.63) is 24.0 Å². The number of anilines is 1. The zero-order valence-electron chi connectivity index (χ0n) is 11.1. The Labute approximate surface area is 112 Å². The smallest absolute Gasteiger partial charge is 0.224 e. The van der Waals surface area contributed by atoms with E-state index in [1.165, 1.54) is 6.07 Å². The highest BCUT2D eigenvalue weighted by atomic mass is 32.2. The van der Waals surface area contributed by atoms with E-state index in [0.29, 0.717) is 6.42 Å². The third-order valence-corrected chi connectivity index (χ3v) is 3.76.